The van der Waals surface area contributed by atoms with Crippen LogP contribution in [0, 0.1) is 0 Å². The second-order valence-electron chi connectivity index (χ2n) is 7.38. The van der Waals surface area contributed by atoms with E-state index < -0.39 is 0 Å². The topological polar surface area (TPSA) is 72.3 Å². The van der Waals surface area contributed by atoms with Gasteiger partial charge in [-0.05, 0) is 55.0 Å². The number of ether oxygens (including phenoxy) is 1. The molecule has 1 fully saturated rings. The number of rotatable bonds is 8. The zero-order valence-electron chi connectivity index (χ0n) is 17.3. The fraction of sp³-hybridized carbons (Fsp3) is 0.304. The highest BCUT2D eigenvalue weighted by Crippen LogP contribution is 2.39. The van der Waals surface area contributed by atoms with Gasteiger partial charge in [-0.25, -0.2) is 0 Å². The minimum Gasteiger partial charge on any atom is -0.469 e. The van der Waals surface area contributed by atoms with Crippen LogP contribution in [0.1, 0.15) is 42.0 Å². The second kappa shape index (κ2) is 9.70. The van der Waals surface area contributed by atoms with Crippen molar-refractivity contribution in [2.75, 3.05) is 13.7 Å². The van der Waals surface area contributed by atoms with Gasteiger partial charge in [-0.2, -0.15) is 0 Å². The molecule has 7 nitrogen and oxygen atoms in total. The van der Waals surface area contributed by atoms with E-state index in [0.717, 1.165) is 17.1 Å². The van der Waals surface area contributed by atoms with Crippen molar-refractivity contribution in [3.63, 3.8) is 0 Å². The summed E-state index contributed by atoms with van der Waals surface area (Å²) in [5.74, 6) is -0.213. The predicted molar refractivity (Wildman–Crippen MR) is 121 cm³/mol. The Morgan fingerprint density at radius 1 is 1.13 bits per heavy atom. The summed E-state index contributed by atoms with van der Waals surface area (Å²) in [6.45, 7) is 1.31. The third kappa shape index (κ3) is 4.74. The molecule has 3 aromatic heterocycles. The summed E-state index contributed by atoms with van der Waals surface area (Å²) in [5.41, 5.74) is 3.03. The van der Waals surface area contributed by atoms with Gasteiger partial charge in [0.05, 0.1) is 37.1 Å². The first-order chi connectivity index (χ1) is 15.2. The zero-order chi connectivity index (χ0) is 21.6. The van der Waals surface area contributed by atoms with Crippen molar-refractivity contribution >= 4 is 23.3 Å². The number of carbonyl (C=O) groups excluding carboxylic acids is 1. The Bertz CT molecular complexity index is 1020. The number of methoxy groups -OCH3 is 1. The number of esters is 1. The zero-order valence-corrected chi connectivity index (χ0v) is 18.2. The van der Waals surface area contributed by atoms with Crippen molar-refractivity contribution in [2.45, 2.75) is 31.5 Å². The number of hydrogen-bond acceptors (Lipinski definition) is 5. The van der Waals surface area contributed by atoms with Crippen LogP contribution < -0.4 is 5.32 Å². The number of pyridine rings is 2. The van der Waals surface area contributed by atoms with E-state index in [1.54, 1.807) is 12.4 Å². The van der Waals surface area contributed by atoms with Crippen LogP contribution in [0.15, 0.2) is 67.1 Å². The van der Waals surface area contributed by atoms with Crippen molar-refractivity contribution in [1.29, 1.82) is 0 Å². The van der Waals surface area contributed by atoms with E-state index in [1.807, 2.05) is 42.5 Å². The number of nitrogens with zero attached hydrogens (tertiary/aromatic N) is 4. The summed E-state index contributed by atoms with van der Waals surface area (Å²) < 4.78 is 6.99. The minimum absolute atomic E-state index is 0.0567. The number of nitrogens with one attached hydrogen (secondary N) is 1. The quantitative estimate of drug-likeness (QED) is 0.430. The summed E-state index contributed by atoms with van der Waals surface area (Å²) >= 11 is 5.70. The number of thiocarbonyl (C=S) groups is 1. The average Bonchev–Trinajstić information content (AvgIpc) is 3.38. The first-order valence-corrected chi connectivity index (χ1v) is 10.7. The summed E-state index contributed by atoms with van der Waals surface area (Å²) in [7, 11) is 1.41. The first kappa shape index (κ1) is 21.0. The van der Waals surface area contributed by atoms with Crippen molar-refractivity contribution < 1.29 is 9.53 Å². The molecule has 0 bridgehead atoms. The molecule has 1 saturated heterocycles. The lowest BCUT2D eigenvalue weighted by Crippen LogP contribution is -2.32. The van der Waals surface area contributed by atoms with Gasteiger partial charge >= 0.3 is 5.97 Å². The van der Waals surface area contributed by atoms with Crippen molar-refractivity contribution in [2.24, 2.45) is 0 Å². The van der Waals surface area contributed by atoms with Gasteiger partial charge in [0.15, 0.2) is 5.11 Å². The Morgan fingerprint density at radius 2 is 1.94 bits per heavy atom. The molecule has 4 rings (SSSR count). The van der Waals surface area contributed by atoms with Crippen LogP contribution >= 0.6 is 12.2 Å². The van der Waals surface area contributed by atoms with Crippen LogP contribution in [-0.4, -0.2) is 44.2 Å². The molecule has 8 heteroatoms. The van der Waals surface area contributed by atoms with E-state index in [4.69, 9.17) is 17.0 Å². The molecule has 0 aromatic carbocycles. The average molecular weight is 436 g/mol. The number of aromatic nitrogens is 3. The molecule has 0 amide bonds. The van der Waals surface area contributed by atoms with Gasteiger partial charge in [0.2, 0.25) is 0 Å². The summed E-state index contributed by atoms with van der Waals surface area (Å²) in [4.78, 5) is 22.8. The lowest BCUT2D eigenvalue weighted by Gasteiger charge is -2.28. The Morgan fingerprint density at radius 3 is 2.65 bits per heavy atom. The smallest absolute Gasteiger partial charge is 0.305 e. The summed E-state index contributed by atoms with van der Waals surface area (Å²) in [6.07, 6.45) is 6.67. The van der Waals surface area contributed by atoms with E-state index in [0.29, 0.717) is 31.0 Å². The lowest BCUT2D eigenvalue weighted by molar-refractivity contribution is -0.140. The number of hydrogen-bond donors (Lipinski definition) is 1. The highest BCUT2D eigenvalue weighted by Gasteiger charge is 2.40. The SMILES string of the molecule is COC(=O)CCCN1C(=S)N[C@@H](c2ccccn2)[C@H]1c1cccn1Cc1ccccn1. The normalized spacial score (nSPS) is 18.1. The second-order valence-corrected chi connectivity index (χ2v) is 7.77. The highest BCUT2D eigenvalue weighted by atomic mass is 32.1. The van der Waals surface area contributed by atoms with Gasteiger partial charge in [0, 0.05) is 37.3 Å². The molecule has 0 saturated carbocycles. The van der Waals surface area contributed by atoms with E-state index in [2.05, 4.69) is 37.0 Å². The Hall–Kier alpha value is -3.26. The van der Waals surface area contributed by atoms with Crippen LogP contribution in [-0.2, 0) is 16.1 Å². The Labute approximate surface area is 187 Å². The molecule has 0 radical (unpaired) electrons. The Balaban J connectivity index is 1.65. The molecule has 1 aliphatic rings. The molecule has 0 unspecified atom stereocenters. The van der Waals surface area contributed by atoms with Crippen molar-refractivity contribution in [3.05, 3.63) is 84.2 Å². The third-order valence-corrected chi connectivity index (χ3v) is 5.78. The predicted octanol–water partition coefficient (Wildman–Crippen LogP) is 3.25. The lowest BCUT2D eigenvalue weighted by atomic mass is 10.0. The summed E-state index contributed by atoms with van der Waals surface area (Å²) in [6, 6.07) is 15.8. The highest BCUT2D eigenvalue weighted by molar-refractivity contribution is 7.80. The fourth-order valence-corrected chi connectivity index (χ4v) is 4.30. The third-order valence-electron chi connectivity index (χ3n) is 5.43. The molecule has 2 atom stereocenters. The summed E-state index contributed by atoms with van der Waals surface area (Å²) in [5, 5.41) is 4.11. The van der Waals surface area contributed by atoms with E-state index in [-0.39, 0.29) is 18.1 Å². The van der Waals surface area contributed by atoms with Crippen LogP contribution in [0.2, 0.25) is 0 Å². The van der Waals surface area contributed by atoms with Crippen molar-refractivity contribution in [3.8, 4) is 0 Å². The van der Waals surface area contributed by atoms with Gasteiger partial charge in [-0.3, -0.25) is 14.8 Å². The van der Waals surface area contributed by atoms with E-state index in [1.165, 1.54) is 7.11 Å². The molecule has 1 aliphatic heterocycles. The van der Waals surface area contributed by atoms with Crippen LogP contribution in [0.5, 0.6) is 0 Å². The van der Waals surface area contributed by atoms with Gasteiger partial charge in [0.1, 0.15) is 0 Å². The Kier molecular flexibility index (Phi) is 6.57. The number of carbonyl (C=O) groups is 1. The maximum atomic E-state index is 11.6. The van der Waals surface area contributed by atoms with Gasteiger partial charge < -0.3 is 19.5 Å². The molecule has 3 aromatic rings. The fourth-order valence-electron chi connectivity index (χ4n) is 3.97. The molecular weight excluding hydrogens is 410 g/mol. The molecule has 1 N–H and O–H groups in total. The van der Waals surface area contributed by atoms with Crippen LogP contribution in [0.3, 0.4) is 0 Å². The maximum Gasteiger partial charge on any atom is 0.305 e. The molecule has 4 heterocycles. The first-order valence-electron chi connectivity index (χ1n) is 10.3. The van der Waals surface area contributed by atoms with Crippen molar-refractivity contribution in [1.82, 2.24) is 24.8 Å². The van der Waals surface area contributed by atoms with E-state index >= 15 is 0 Å². The molecule has 0 spiro atoms. The van der Waals surface area contributed by atoms with Gasteiger partial charge in [-0.15, -0.1) is 0 Å². The molecule has 160 valence electrons. The monoisotopic (exact) mass is 435 g/mol. The van der Waals surface area contributed by atoms with Crippen LogP contribution in [0.25, 0.3) is 0 Å². The molecule has 0 aliphatic carbocycles. The molecular formula is C23H25N5O2S. The largest absolute Gasteiger partial charge is 0.469 e. The van der Waals surface area contributed by atoms with Crippen LogP contribution in [0.4, 0.5) is 0 Å². The van der Waals surface area contributed by atoms with Gasteiger partial charge in [-0.1, -0.05) is 12.1 Å². The standard InChI is InChI=1S/C23H25N5O2S/c1-30-20(29)11-7-15-28-22(21(26-23(28)31)18-9-3-5-13-25-18)19-10-6-14-27(19)16-17-8-2-4-12-24-17/h2-6,8-10,12-14,21-22H,7,11,15-16H2,1H3,(H,26,31)/t21-,22+/m0/s1. The van der Waals surface area contributed by atoms with E-state index in [9.17, 15) is 4.79 Å². The van der Waals surface area contributed by atoms with Gasteiger partial charge in [0.25, 0.3) is 0 Å². The maximum absolute atomic E-state index is 11.6. The minimum atomic E-state index is -0.213. The molecule has 31 heavy (non-hydrogen) atoms.